The summed E-state index contributed by atoms with van der Waals surface area (Å²) in [6.45, 7) is 6.48. The Hall–Kier alpha value is -3.41. The van der Waals surface area contributed by atoms with Gasteiger partial charge in [-0.2, -0.15) is 0 Å². The molecule has 0 aromatic carbocycles. The predicted octanol–water partition coefficient (Wildman–Crippen LogP) is 20.7. The summed E-state index contributed by atoms with van der Waals surface area (Å²) in [7, 11) is 0. The van der Waals surface area contributed by atoms with Gasteiger partial charge in [0.15, 0.2) is 6.10 Å². The van der Waals surface area contributed by atoms with Crippen molar-refractivity contribution in [2.75, 3.05) is 13.2 Å². The number of hydrogen-bond donors (Lipinski definition) is 0. The second kappa shape index (κ2) is 60.1. The zero-order chi connectivity index (χ0) is 52.2. The Morgan fingerprint density at radius 2 is 0.542 bits per heavy atom. The van der Waals surface area contributed by atoms with Crippen LogP contribution in [0.4, 0.5) is 0 Å². The molecule has 0 aliphatic carbocycles. The fourth-order valence-electron chi connectivity index (χ4n) is 8.61. The van der Waals surface area contributed by atoms with Gasteiger partial charge < -0.3 is 14.2 Å². The Labute approximate surface area is 445 Å². The first-order valence-electron chi connectivity index (χ1n) is 30.6. The maximum atomic E-state index is 12.9. The van der Waals surface area contributed by atoms with Crippen molar-refractivity contribution in [1.82, 2.24) is 0 Å². The Morgan fingerprint density at radius 1 is 0.292 bits per heavy atom. The van der Waals surface area contributed by atoms with Crippen LogP contribution in [0.5, 0.6) is 0 Å². The summed E-state index contributed by atoms with van der Waals surface area (Å²) in [6.07, 6.45) is 79.0. The largest absolute Gasteiger partial charge is 0.462 e. The molecule has 0 bridgehead atoms. The van der Waals surface area contributed by atoms with Crippen molar-refractivity contribution in [1.29, 1.82) is 0 Å². The van der Waals surface area contributed by atoms with Crippen LogP contribution < -0.4 is 0 Å². The average Bonchev–Trinajstić information content (AvgIpc) is 3.38. The summed E-state index contributed by atoms with van der Waals surface area (Å²) in [5.74, 6) is -0.948. The van der Waals surface area contributed by atoms with Crippen molar-refractivity contribution in [3.8, 4) is 0 Å². The Morgan fingerprint density at radius 3 is 0.847 bits per heavy atom. The van der Waals surface area contributed by atoms with Crippen molar-refractivity contribution in [3.05, 3.63) is 85.1 Å². The summed E-state index contributed by atoms with van der Waals surface area (Å²) in [5, 5.41) is 0. The zero-order valence-corrected chi connectivity index (χ0v) is 47.4. The number of unbranched alkanes of at least 4 members (excludes halogenated alkanes) is 30. The monoisotopic (exact) mass is 1000 g/mol. The van der Waals surface area contributed by atoms with Crippen molar-refractivity contribution in [3.63, 3.8) is 0 Å². The summed E-state index contributed by atoms with van der Waals surface area (Å²) < 4.78 is 16.8. The third kappa shape index (κ3) is 57.5. The Balaban J connectivity index is 4.28. The van der Waals surface area contributed by atoms with Crippen molar-refractivity contribution < 1.29 is 28.6 Å². The molecule has 72 heavy (non-hydrogen) atoms. The van der Waals surface area contributed by atoms with E-state index in [0.717, 1.165) is 89.9 Å². The molecule has 0 aromatic heterocycles. The third-order valence-corrected chi connectivity index (χ3v) is 13.2. The van der Waals surface area contributed by atoms with E-state index in [1.807, 2.05) is 0 Å². The topological polar surface area (TPSA) is 78.9 Å². The number of hydrogen-bond acceptors (Lipinski definition) is 6. The first kappa shape index (κ1) is 68.6. The lowest BCUT2D eigenvalue weighted by atomic mass is 10.0. The zero-order valence-electron chi connectivity index (χ0n) is 47.4. The molecule has 0 radical (unpaired) electrons. The molecule has 0 heterocycles. The molecule has 1 unspecified atom stereocenters. The fraction of sp³-hybridized carbons (Fsp3) is 0.742. The highest BCUT2D eigenvalue weighted by Crippen LogP contribution is 2.17. The molecule has 6 nitrogen and oxygen atoms in total. The van der Waals surface area contributed by atoms with Gasteiger partial charge in [0.1, 0.15) is 13.2 Å². The number of carbonyl (C=O) groups excluding carboxylic acids is 3. The molecular weight excluding hydrogens is 889 g/mol. The van der Waals surface area contributed by atoms with Crippen LogP contribution in [0.2, 0.25) is 0 Å². The van der Waals surface area contributed by atoms with Gasteiger partial charge in [0.25, 0.3) is 0 Å². The van der Waals surface area contributed by atoms with E-state index in [1.165, 1.54) is 161 Å². The standard InChI is InChI=1S/C66H114O6/c1-4-7-10-13-16-19-21-23-25-27-29-31-33-35-37-39-41-43-45-47-50-53-56-59-65(68)71-62-63(61-70-64(67)58-55-52-49-18-15-12-9-6-3)72-66(69)60-57-54-51-48-46-44-42-40-38-36-34-32-30-28-26-24-22-20-17-14-11-8-5-2/h7,10,16,19,23,25,29,31,35,37,41,43,47,50,63H,4-6,8-9,11-15,17-18,20-22,24,26-28,30,32-34,36,38-40,42,44-46,48-49,51-62H2,1-3H3/b10-7-,19-16-,25-23-,31-29-,37-35-,43-41-,50-47-. The highest BCUT2D eigenvalue weighted by molar-refractivity contribution is 5.71. The third-order valence-electron chi connectivity index (χ3n) is 13.2. The summed E-state index contributed by atoms with van der Waals surface area (Å²) in [6, 6.07) is 0. The van der Waals surface area contributed by atoms with Gasteiger partial charge in [0.05, 0.1) is 0 Å². The van der Waals surface area contributed by atoms with Gasteiger partial charge in [-0.25, -0.2) is 0 Å². The van der Waals surface area contributed by atoms with E-state index in [0.29, 0.717) is 19.3 Å². The van der Waals surface area contributed by atoms with E-state index in [9.17, 15) is 14.4 Å². The second-order valence-electron chi connectivity index (χ2n) is 20.2. The van der Waals surface area contributed by atoms with Crippen LogP contribution in [0.25, 0.3) is 0 Å². The van der Waals surface area contributed by atoms with Gasteiger partial charge >= 0.3 is 17.9 Å². The van der Waals surface area contributed by atoms with E-state index in [2.05, 4.69) is 106 Å². The lowest BCUT2D eigenvalue weighted by molar-refractivity contribution is -0.167. The molecule has 1 atom stereocenters. The maximum Gasteiger partial charge on any atom is 0.306 e. The van der Waals surface area contributed by atoms with E-state index in [-0.39, 0.29) is 37.5 Å². The molecule has 0 saturated carbocycles. The first-order chi connectivity index (χ1) is 35.5. The van der Waals surface area contributed by atoms with Gasteiger partial charge in [0.2, 0.25) is 0 Å². The molecular formula is C66H114O6. The molecule has 0 N–H and O–H groups in total. The summed E-state index contributed by atoms with van der Waals surface area (Å²) in [5.41, 5.74) is 0. The van der Waals surface area contributed by atoms with E-state index in [1.54, 1.807) is 0 Å². The molecule has 0 spiro atoms. The van der Waals surface area contributed by atoms with Gasteiger partial charge in [0, 0.05) is 19.3 Å². The Kier molecular flexibility index (Phi) is 57.3. The second-order valence-corrected chi connectivity index (χ2v) is 20.2. The smallest absolute Gasteiger partial charge is 0.306 e. The molecule has 0 fully saturated rings. The minimum absolute atomic E-state index is 0.0917. The lowest BCUT2D eigenvalue weighted by Gasteiger charge is -2.18. The van der Waals surface area contributed by atoms with Crippen molar-refractivity contribution >= 4 is 17.9 Å². The predicted molar refractivity (Wildman–Crippen MR) is 311 cm³/mol. The van der Waals surface area contributed by atoms with E-state index < -0.39 is 6.10 Å². The van der Waals surface area contributed by atoms with Crippen LogP contribution in [0.1, 0.15) is 297 Å². The summed E-state index contributed by atoms with van der Waals surface area (Å²) in [4.78, 5) is 38.1. The highest BCUT2D eigenvalue weighted by atomic mass is 16.6. The SMILES string of the molecule is CC/C=C\C/C=C\C/C=C\C/C=C\C/C=C\C/C=C\C/C=C\CCCC(=O)OCC(COC(=O)CCCCCCCCCC)OC(=O)CCCCCCCCCCCCCCCCCCCCCCCCC. The van der Waals surface area contributed by atoms with Crippen LogP contribution in [0.15, 0.2) is 85.1 Å². The lowest BCUT2D eigenvalue weighted by Crippen LogP contribution is -2.30. The van der Waals surface area contributed by atoms with Crippen molar-refractivity contribution in [2.24, 2.45) is 0 Å². The van der Waals surface area contributed by atoms with E-state index in [4.69, 9.17) is 14.2 Å². The molecule has 0 aliphatic rings. The van der Waals surface area contributed by atoms with Gasteiger partial charge in [-0.1, -0.05) is 292 Å². The van der Waals surface area contributed by atoms with Crippen LogP contribution in [-0.2, 0) is 28.6 Å². The maximum absolute atomic E-state index is 12.9. The fourth-order valence-corrected chi connectivity index (χ4v) is 8.61. The van der Waals surface area contributed by atoms with E-state index >= 15 is 0 Å². The summed E-state index contributed by atoms with van der Waals surface area (Å²) >= 11 is 0. The number of rotatable bonds is 55. The highest BCUT2D eigenvalue weighted by Gasteiger charge is 2.19. The number of carbonyl (C=O) groups is 3. The molecule has 0 amide bonds. The van der Waals surface area contributed by atoms with Crippen LogP contribution >= 0.6 is 0 Å². The molecule has 0 saturated heterocycles. The number of allylic oxidation sites excluding steroid dienone is 14. The molecule has 6 heteroatoms. The van der Waals surface area contributed by atoms with Crippen LogP contribution in [0.3, 0.4) is 0 Å². The molecule has 0 rings (SSSR count). The molecule has 0 aromatic rings. The number of ether oxygens (including phenoxy) is 3. The Bertz CT molecular complexity index is 1380. The molecule has 0 aliphatic heterocycles. The average molecular weight is 1000 g/mol. The van der Waals surface area contributed by atoms with Crippen LogP contribution in [0, 0.1) is 0 Å². The van der Waals surface area contributed by atoms with Gasteiger partial charge in [-0.15, -0.1) is 0 Å². The quantitative estimate of drug-likeness (QED) is 0.0261. The van der Waals surface area contributed by atoms with Gasteiger partial charge in [-0.3, -0.25) is 14.4 Å². The minimum atomic E-state index is -0.796. The van der Waals surface area contributed by atoms with Crippen LogP contribution in [-0.4, -0.2) is 37.2 Å². The first-order valence-corrected chi connectivity index (χ1v) is 30.6. The molecule has 414 valence electrons. The number of esters is 3. The van der Waals surface area contributed by atoms with Crippen molar-refractivity contribution in [2.45, 2.75) is 303 Å². The van der Waals surface area contributed by atoms with Gasteiger partial charge in [-0.05, 0) is 70.6 Å². The normalized spacial score (nSPS) is 12.7. The minimum Gasteiger partial charge on any atom is -0.462 e.